The van der Waals surface area contributed by atoms with E-state index in [-0.39, 0.29) is 42.0 Å². The summed E-state index contributed by atoms with van der Waals surface area (Å²) in [7, 11) is 0. The second-order valence-electron chi connectivity index (χ2n) is 3.75. The highest BCUT2D eigenvalue weighted by atomic mass is 35.5. The predicted octanol–water partition coefficient (Wildman–Crippen LogP) is 2.34. The fourth-order valence-electron chi connectivity index (χ4n) is 1.53. The molecule has 0 aliphatic carbocycles. The maximum Gasteiger partial charge on any atom is 0.259 e. The lowest BCUT2D eigenvalue weighted by molar-refractivity contribution is 0.102. The summed E-state index contributed by atoms with van der Waals surface area (Å²) >= 11 is 0. The number of phenols is 1. The Labute approximate surface area is 129 Å². The topological polar surface area (TPSA) is 88.2 Å². The van der Waals surface area contributed by atoms with Crippen molar-refractivity contribution in [3.63, 3.8) is 0 Å². The number of halogens is 2. The number of phenolic OH excluding ortho intramolecular Hbond substituents is 1. The standard InChI is InChI=1S/C13H13N3O2.2ClH/c14-8-9-1-2-11(12(17)7-9)13(18)16-10-3-5-15-6-4-10;;/h1-7,17H,8,14H2,(H,15,16,18);2*1H. The molecule has 0 saturated carbocycles. The number of hydrogen-bond acceptors (Lipinski definition) is 4. The molecule has 1 amide bonds. The van der Waals surface area contributed by atoms with Crippen LogP contribution in [0.4, 0.5) is 5.69 Å². The van der Waals surface area contributed by atoms with E-state index in [0.717, 1.165) is 5.56 Å². The summed E-state index contributed by atoms with van der Waals surface area (Å²) in [5.74, 6) is -0.452. The van der Waals surface area contributed by atoms with Crippen LogP contribution in [0.2, 0.25) is 0 Å². The van der Waals surface area contributed by atoms with Gasteiger partial charge in [0.1, 0.15) is 5.75 Å². The molecule has 1 aromatic carbocycles. The van der Waals surface area contributed by atoms with Crippen LogP contribution in [0.5, 0.6) is 5.75 Å². The number of pyridine rings is 1. The molecule has 0 spiro atoms. The molecule has 20 heavy (non-hydrogen) atoms. The summed E-state index contributed by atoms with van der Waals surface area (Å²) in [4.78, 5) is 15.8. The second-order valence-corrected chi connectivity index (χ2v) is 3.75. The van der Waals surface area contributed by atoms with Crippen molar-refractivity contribution in [2.45, 2.75) is 6.54 Å². The van der Waals surface area contributed by atoms with Crippen LogP contribution in [0.3, 0.4) is 0 Å². The SMILES string of the molecule is Cl.Cl.NCc1ccc(C(=O)Nc2ccncc2)c(O)c1. The number of aromatic hydroxyl groups is 1. The van der Waals surface area contributed by atoms with Crippen LogP contribution < -0.4 is 11.1 Å². The molecule has 108 valence electrons. The number of carbonyl (C=O) groups is 1. The number of anilines is 1. The number of benzene rings is 1. The minimum Gasteiger partial charge on any atom is -0.507 e. The zero-order valence-corrected chi connectivity index (χ0v) is 12.1. The Morgan fingerprint density at radius 3 is 2.40 bits per heavy atom. The maximum absolute atomic E-state index is 11.9. The molecule has 0 saturated heterocycles. The number of rotatable bonds is 3. The van der Waals surface area contributed by atoms with E-state index in [1.807, 2.05) is 0 Å². The summed E-state index contributed by atoms with van der Waals surface area (Å²) in [6, 6.07) is 8.09. The van der Waals surface area contributed by atoms with Crippen molar-refractivity contribution in [3.8, 4) is 5.75 Å². The molecular weight excluding hydrogens is 301 g/mol. The van der Waals surface area contributed by atoms with Gasteiger partial charge in [-0.2, -0.15) is 0 Å². The van der Waals surface area contributed by atoms with Crippen molar-refractivity contribution >= 4 is 36.4 Å². The van der Waals surface area contributed by atoms with E-state index in [0.29, 0.717) is 12.2 Å². The van der Waals surface area contributed by atoms with Gasteiger partial charge in [-0.3, -0.25) is 9.78 Å². The van der Waals surface area contributed by atoms with Crippen LogP contribution in [0.15, 0.2) is 42.7 Å². The highest BCUT2D eigenvalue weighted by Crippen LogP contribution is 2.20. The average Bonchev–Trinajstić information content (AvgIpc) is 2.39. The highest BCUT2D eigenvalue weighted by Gasteiger charge is 2.11. The zero-order chi connectivity index (χ0) is 13.0. The molecule has 1 aromatic heterocycles. The van der Waals surface area contributed by atoms with E-state index >= 15 is 0 Å². The molecule has 0 bridgehead atoms. The molecular formula is C13H15Cl2N3O2. The van der Waals surface area contributed by atoms with Gasteiger partial charge in [0.2, 0.25) is 0 Å². The van der Waals surface area contributed by atoms with E-state index in [2.05, 4.69) is 10.3 Å². The first-order valence-electron chi connectivity index (χ1n) is 5.44. The number of amides is 1. The minimum atomic E-state index is -0.373. The fraction of sp³-hybridized carbons (Fsp3) is 0.0769. The molecule has 4 N–H and O–H groups in total. The minimum absolute atomic E-state index is 0. The summed E-state index contributed by atoms with van der Waals surface area (Å²) in [6.45, 7) is 0.319. The third-order valence-corrected chi connectivity index (χ3v) is 2.48. The first-order chi connectivity index (χ1) is 8.70. The fourth-order valence-corrected chi connectivity index (χ4v) is 1.53. The number of nitrogens with two attached hydrogens (primary N) is 1. The van der Waals surface area contributed by atoms with Gasteiger partial charge in [-0.15, -0.1) is 24.8 Å². The number of nitrogens with zero attached hydrogens (tertiary/aromatic N) is 1. The molecule has 5 nitrogen and oxygen atoms in total. The van der Waals surface area contributed by atoms with Crippen LogP contribution >= 0.6 is 24.8 Å². The van der Waals surface area contributed by atoms with E-state index in [1.54, 1.807) is 36.7 Å². The van der Waals surface area contributed by atoms with Gasteiger partial charge < -0.3 is 16.2 Å². The Morgan fingerprint density at radius 1 is 1.20 bits per heavy atom. The number of carbonyl (C=O) groups excluding carboxylic acids is 1. The predicted molar refractivity (Wildman–Crippen MR) is 82.7 cm³/mol. The van der Waals surface area contributed by atoms with Crippen LogP contribution in [0, 0.1) is 0 Å². The van der Waals surface area contributed by atoms with Crippen molar-refractivity contribution in [3.05, 3.63) is 53.9 Å². The molecule has 0 fully saturated rings. The van der Waals surface area contributed by atoms with Gasteiger partial charge >= 0.3 is 0 Å². The Morgan fingerprint density at radius 2 is 1.85 bits per heavy atom. The monoisotopic (exact) mass is 315 g/mol. The quantitative estimate of drug-likeness (QED) is 0.811. The molecule has 0 unspecified atom stereocenters. The van der Waals surface area contributed by atoms with E-state index in [4.69, 9.17) is 5.73 Å². The number of hydrogen-bond donors (Lipinski definition) is 3. The van der Waals surface area contributed by atoms with Gasteiger partial charge in [0.05, 0.1) is 5.56 Å². The van der Waals surface area contributed by atoms with Crippen LogP contribution in [-0.2, 0) is 6.54 Å². The Bertz CT molecular complexity index is 565. The Hall–Kier alpha value is -1.82. The van der Waals surface area contributed by atoms with Gasteiger partial charge in [-0.25, -0.2) is 0 Å². The average molecular weight is 316 g/mol. The van der Waals surface area contributed by atoms with Crippen molar-refractivity contribution in [2.24, 2.45) is 5.73 Å². The highest BCUT2D eigenvalue weighted by molar-refractivity contribution is 6.06. The molecule has 1 heterocycles. The third-order valence-electron chi connectivity index (χ3n) is 2.48. The zero-order valence-electron chi connectivity index (χ0n) is 10.4. The number of nitrogens with one attached hydrogen (secondary N) is 1. The first kappa shape index (κ1) is 18.2. The van der Waals surface area contributed by atoms with E-state index in [9.17, 15) is 9.90 Å². The van der Waals surface area contributed by atoms with E-state index in [1.165, 1.54) is 6.07 Å². The molecule has 7 heteroatoms. The summed E-state index contributed by atoms with van der Waals surface area (Å²) in [6.07, 6.45) is 3.15. The Kier molecular flexibility index (Phi) is 7.61. The third kappa shape index (κ3) is 4.38. The summed E-state index contributed by atoms with van der Waals surface area (Å²) in [5, 5.41) is 12.4. The maximum atomic E-state index is 11.9. The first-order valence-corrected chi connectivity index (χ1v) is 5.44. The lowest BCUT2D eigenvalue weighted by Gasteiger charge is -2.07. The largest absolute Gasteiger partial charge is 0.507 e. The smallest absolute Gasteiger partial charge is 0.259 e. The molecule has 2 rings (SSSR count). The van der Waals surface area contributed by atoms with Gasteiger partial charge in [0, 0.05) is 24.6 Å². The van der Waals surface area contributed by atoms with Crippen molar-refractivity contribution < 1.29 is 9.90 Å². The summed E-state index contributed by atoms with van der Waals surface area (Å²) < 4.78 is 0. The molecule has 2 aromatic rings. The molecule has 0 radical (unpaired) electrons. The molecule has 0 aliphatic rings. The van der Waals surface area contributed by atoms with Gasteiger partial charge in [-0.1, -0.05) is 6.07 Å². The van der Waals surface area contributed by atoms with Gasteiger partial charge in [-0.05, 0) is 29.8 Å². The summed E-state index contributed by atoms with van der Waals surface area (Å²) in [5.41, 5.74) is 7.06. The molecule has 0 aliphatic heterocycles. The van der Waals surface area contributed by atoms with Crippen molar-refractivity contribution in [1.82, 2.24) is 4.98 Å². The van der Waals surface area contributed by atoms with Gasteiger partial charge in [0.15, 0.2) is 0 Å². The van der Waals surface area contributed by atoms with Crippen molar-refractivity contribution in [2.75, 3.05) is 5.32 Å². The molecule has 0 atom stereocenters. The van der Waals surface area contributed by atoms with Crippen molar-refractivity contribution in [1.29, 1.82) is 0 Å². The lowest BCUT2D eigenvalue weighted by Crippen LogP contribution is -2.12. The second kappa shape index (κ2) is 8.37. The van der Waals surface area contributed by atoms with Crippen LogP contribution in [0.1, 0.15) is 15.9 Å². The number of aromatic nitrogens is 1. The van der Waals surface area contributed by atoms with E-state index < -0.39 is 0 Å². The van der Waals surface area contributed by atoms with Gasteiger partial charge in [0.25, 0.3) is 5.91 Å². The van der Waals surface area contributed by atoms with Crippen LogP contribution in [-0.4, -0.2) is 16.0 Å². The lowest BCUT2D eigenvalue weighted by atomic mass is 10.1. The Balaban J connectivity index is 0.00000180. The normalized spacial score (nSPS) is 9.05. The van der Waals surface area contributed by atoms with Crippen LogP contribution in [0.25, 0.3) is 0 Å².